The molecule has 2 aromatic rings. The molecule has 0 saturated carbocycles. The fourth-order valence-corrected chi connectivity index (χ4v) is 3.48. The molecule has 0 aliphatic carbocycles. The van der Waals surface area contributed by atoms with Gasteiger partial charge in [0.05, 0.1) is 22.3 Å². The normalized spacial score (nSPS) is 14.4. The molecule has 1 aliphatic rings. The molecule has 3 rings (SSSR count). The van der Waals surface area contributed by atoms with Gasteiger partial charge in [0, 0.05) is 25.8 Å². The smallest absolute Gasteiger partial charge is 0.252 e. The maximum absolute atomic E-state index is 12.3. The molecule has 1 amide bonds. The van der Waals surface area contributed by atoms with Gasteiger partial charge in [-0.2, -0.15) is 0 Å². The summed E-state index contributed by atoms with van der Waals surface area (Å²) in [5.74, 6) is -0.167. The van der Waals surface area contributed by atoms with E-state index in [1.165, 1.54) is 25.0 Å². The van der Waals surface area contributed by atoms with Crippen molar-refractivity contribution in [3.05, 3.63) is 53.9 Å². The zero-order valence-electron chi connectivity index (χ0n) is 14.4. The molecule has 0 spiro atoms. The van der Waals surface area contributed by atoms with Gasteiger partial charge in [-0.05, 0) is 43.0 Å². The van der Waals surface area contributed by atoms with Crippen molar-refractivity contribution < 1.29 is 13.2 Å². The average Bonchev–Trinajstić information content (AvgIpc) is 3.16. The fraction of sp³-hybridized carbons (Fsp3) is 0.333. The number of primary sulfonamides is 1. The van der Waals surface area contributed by atoms with Gasteiger partial charge in [-0.3, -0.25) is 9.78 Å². The first kappa shape index (κ1) is 18.3. The molecule has 1 fully saturated rings. The standard InChI is InChI=1S/C18H22N4O3S/c19-26(24,25)17-5-3-14(4-6-17)7-8-21-18(23)15-11-16(13-20-12-15)22-9-1-2-10-22/h3-6,11-13H,1-2,7-10H2,(H,21,23)(H2,19,24,25). The number of aromatic nitrogens is 1. The summed E-state index contributed by atoms with van der Waals surface area (Å²) in [6, 6.07) is 8.20. The van der Waals surface area contributed by atoms with E-state index in [0.717, 1.165) is 24.3 Å². The lowest BCUT2D eigenvalue weighted by molar-refractivity contribution is 0.0954. The second-order valence-corrected chi connectivity index (χ2v) is 7.88. The molecular weight excluding hydrogens is 352 g/mol. The first-order valence-corrected chi connectivity index (χ1v) is 10.1. The van der Waals surface area contributed by atoms with Crippen molar-refractivity contribution in [2.24, 2.45) is 5.14 Å². The Bertz CT molecular complexity index is 876. The van der Waals surface area contributed by atoms with E-state index in [0.29, 0.717) is 18.5 Å². The number of benzene rings is 1. The van der Waals surface area contributed by atoms with Crippen LogP contribution in [0.1, 0.15) is 28.8 Å². The van der Waals surface area contributed by atoms with Crippen molar-refractivity contribution in [3.63, 3.8) is 0 Å². The number of hydrogen-bond acceptors (Lipinski definition) is 5. The summed E-state index contributed by atoms with van der Waals surface area (Å²) in [4.78, 5) is 18.8. The molecule has 7 nitrogen and oxygen atoms in total. The van der Waals surface area contributed by atoms with Crippen LogP contribution >= 0.6 is 0 Å². The van der Waals surface area contributed by atoms with Gasteiger partial charge >= 0.3 is 0 Å². The third kappa shape index (κ3) is 4.59. The quantitative estimate of drug-likeness (QED) is 0.793. The summed E-state index contributed by atoms with van der Waals surface area (Å²) in [6.07, 6.45) is 6.28. The van der Waals surface area contributed by atoms with Crippen LogP contribution in [0.3, 0.4) is 0 Å². The van der Waals surface area contributed by atoms with Crippen LogP contribution in [0, 0.1) is 0 Å². The third-order valence-corrected chi connectivity index (χ3v) is 5.34. The number of rotatable bonds is 6. The number of carbonyl (C=O) groups excluding carboxylic acids is 1. The summed E-state index contributed by atoms with van der Waals surface area (Å²) in [6.45, 7) is 2.45. The van der Waals surface area contributed by atoms with Crippen molar-refractivity contribution >= 4 is 21.6 Å². The minimum atomic E-state index is -3.68. The molecule has 1 aromatic carbocycles. The first-order chi connectivity index (χ1) is 12.4. The van der Waals surface area contributed by atoms with Gasteiger partial charge in [0.1, 0.15) is 0 Å². The van der Waals surface area contributed by atoms with Crippen molar-refractivity contribution in [2.75, 3.05) is 24.5 Å². The van der Waals surface area contributed by atoms with E-state index in [1.54, 1.807) is 24.5 Å². The van der Waals surface area contributed by atoms with E-state index in [4.69, 9.17) is 5.14 Å². The second-order valence-electron chi connectivity index (χ2n) is 6.32. The Hall–Kier alpha value is -2.45. The van der Waals surface area contributed by atoms with Crippen molar-refractivity contribution in [1.29, 1.82) is 0 Å². The Morgan fingerprint density at radius 2 is 1.85 bits per heavy atom. The summed E-state index contributed by atoms with van der Waals surface area (Å²) < 4.78 is 22.5. The maximum Gasteiger partial charge on any atom is 0.252 e. The highest BCUT2D eigenvalue weighted by atomic mass is 32.2. The van der Waals surface area contributed by atoms with Gasteiger partial charge < -0.3 is 10.2 Å². The summed E-state index contributed by atoms with van der Waals surface area (Å²) >= 11 is 0. The lowest BCUT2D eigenvalue weighted by Gasteiger charge is -2.17. The number of pyridine rings is 1. The lowest BCUT2D eigenvalue weighted by Crippen LogP contribution is -2.26. The SMILES string of the molecule is NS(=O)(=O)c1ccc(CCNC(=O)c2cncc(N3CCCC3)c2)cc1. The number of nitrogens with zero attached hydrogens (tertiary/aromatic N) is 2. The van der Waals surface area contributed by atoms with Crippen LogP contribution in [0.4, 0.5) is 5.69 Å². The van der Waals surface area contributed by atoms with Gasteiger partial charge in [-0.1, -0.05) is 12.1 Å². The molecule has 2 heterocycles. The molecule has 1 aromatic heterocycles. The molecule has 1 aliphatic heterocycles. The number of amides is 1. The Kier molecular flexibility index (Phi) is 5.53. The van der Waals surface area contributed by atoms with Crippen LogP contribution in [-0.2, 0) is 16.4 Å². The average molecular weight is 374 g/mol. The molecule has 0 bridgehead atoms. The molecular formula is C18H22N4O3S. The lowest BCUT2D eigenvalue weighted by atomic mass is 10.1. The number of sulfonamides is 1. The van der Waals surface area contributed by atoms with E-state index >= 15 is 0 Å². The van der Waals surface area contributed by atoms with Gasteiger partial charge in [0.25, 0.3) is 5.91 Å². The predicted molar refractivity (Wildman–Crippen MR) is 99.5 cm³/mol. The van der Waals surface area contributed by atoms with Gasteiger partial charge in [-0.15, -0.1) is 0 Å². The van der Waals surface area contributed by atoms with E-state index in [2.05, 4.69) is 15.2 Å². The minimum absolute atomic E-state index is 0.0788. The molecule has 0 unspecified atom stereocenters. The number of nitrogens with one attached hydrogen (secondary N) is 1. The van der Waals surface area contributed by atoms with E-state index in [-0.39, 0.29) is 10.8 Å². The highest BCUT2D eigenvalue weighted by Crippen LogP contribution is 2.20. The van der Waals surface area contributed by atoms with Crippen molar-refractivity contribution in [3.8, 4) is 0 Å². The van der Waals surface area contributed by atoms with Crippen molar-refractivity contribution in [1.82, 2.24) is 10.3 Å². The van der Waals surface area contributed by atoms with Crippen LogP contribution in [0.2, 0.25) is 0 Å². The zero-order chi connectivity index (χ0) is 18.6. The van der Waals surface area contributed by atoms with Crippen molar-refractivity contribution in [2.45, 2.75) is 24.2 Å². The minimum Gasteiger partial charge on any atom is -0.370 e. The summed E-state index contributed by atoms with van der Waals surface area (Å²) in [7, 11) is -3.68. The highest BCUT2D eigenvalue weighted by Gasteiger charge is 2.14. The van der Waals surface area contributed by atoms with Crippen LogP contribution in [0.25, 0.3) is 0 Å². The number of hydrogen-bond donors (Lipinski definition) is 2. The molecule has 138 valence electrons. The van der Waals surface area contributed by atoms with E-state index in [1.807, 2.05) is 6.07 Å². The van der Waals surface area contributed by atoms with E-state index in [9.17, 15) is 13.2 Å². The van der Waals surface area contributed by atoms with Gasteiger partial charge in [0.2, 0.25) is 10.0 Å². The van der Waals surface area contributed by atoms with Crippen LogP contribution in [0.15, 0.2) is 47.6 Å². The monoisotopic (exact) mass is 374 g/mol. The van der Waals surface area contributed by atoms with Gasteiger partial charge in [-0.25, -0.2) is 13.6 Å². The molecule has 0 atom stereocenters. The van der Waals surface area contributed by atoms with Crippen LogP contribution in [0.5, 0.6) is 0 Å². The zero-order valence-corrected chi connectivity index (χ0v) is 15.2. The number of nitrogens with two attached hydrogens (primary N) is 1. The Balaban J connectivity index is 1.55. The third-order valence-electron chi connectivity index (χ3n) is 4.41. The maximum atomic E-state index is 12.3. The van der Waals surface area contributed by atoms with Gasteiger partial charge in [0.15, 0.2) is 0 Å². The molecule has 8 heteroatoms. The van der Waals surface area contributed by atoms with Crippen LogP contribution in [-0.4, -0.2) is 38.9 Å². The molecule has 26 heavy (non-hydrogen) atoms. The van der Waals surface area contributed by atoms with Crippen LogP contribution < -0.4 is 15.4 Å². The fourth-order valence-electron chi connectivity index (χ4n) is 2.97. The highest BCUT2D eigenvalue weighted by molar-refractivity contribution is 7.89. The Labute approximate surface area is 153 Å². The Morgan fingerprint density at radius 1 is 1.15 bits per heavy atom. The molecule has 3 N–H and O–H groups in total. The topological polar surface area (TPSA) is 105 Å². The summed E-state index contributed by atoms with van der Waals surface area (Å²) in [5, 5.41) is 7.94. The molecule has 1 saturated heterocycles. The van der Waals surface area contributed by atoms with E-state index < -0.39 is 10.0 Å². The second kappa shape index (κ2) is 7.84. The number of anilines is 1. The summed E-state index contributed by atoms with van der Waals surface area (Å²) in [5.41, 5.74) is 2.44. The Morgan fingerprint density at radius 3 is 2.50 bits per heavy atom. The predicted octanol–water partition coefficient (Wildman–Crippen LogP) is 1.30. The largest absolute Gasteiger partial charge is 0.370 e. The first-order valence-electron chi connectivity index (χ1n) is 8.53. The molecule has 0 radical (unpaired) electrons. The number of carbonyl (C=O) groups is 1.